The molecule has 2 aromatic carbocycles. The van der Waals surface area contributed by atoms with E-state index >= 15 is 0 Å². The van der Waals surface area contributed by atoms with Gasteiger partial charge in [0, 0.05) is 17.7 Å². The molecule has 0 bridgehead atoms. The lowest BCUT2D eigenvalue weighted by atomic mass is 10.0. The number of hydrogen-bond donors (Lipinski definition) is 2. The topological polar surface area (TPSA) is 71.3 Å². The van der Waals surface area contributed by atoms with E-state index in [-0.39, 0.29) is 11.5 Å². The van der Waals surface area contributed by atoms with Gasteiger partial charge in [-0.3, -0.25) is 4.79 Å². The molecule has 1 aromatic heterocycles. The highest BCUT2D eigenvalue weighted by atomic mass is 16.3. The lowest BCUT2D eigenvalue weighted by molar-refractivity contribution is 0.252. The lowest BCUT2D eigenvalue weighted by Crippen LogP contribution is -2.28. The van der Waals surface area contributed by atoms with Gasteiger partial charge >= 0.3 is 6.03 Å². The Morgan fingerprint density at radius 1 is 1.08 bits per heavy atom. The molecular formula is C19H18N2O3. The number of nitrogens with one attached hydrogen (secondary N) is 2. The highest BCUT2D eigenvalue weighted by Gasteiger charge is 2.16. The fourth-order valence-corrected chi connectivity index (χ4v) is 2.62. The third kappa shape index (κ3) is 2.88. The van der Waals surface area contributed by atoms with Crippen LogP contribution < -0.4 is 16.1 Å². The number of carbonyl (C=O) groups is 1. The van der Waals surface area contributed by atoms with Crippen molar-refractivity contribution in [2.24, 2.45) is 0 Å². The predicted octanol–water partition coefficient (Wildman–Crippen LogP) is 3.91. The Morgan fingerprint density at radius 3 is 2.54 bits per heavy atom. The second-order valence-electron chi connectivity index (χ2n) is 5.41. The van der Waals surface area contributed by atoms with Crippen LogP contribution in [0, 0.1) is 6.92 Å². The van der Waals surface area contributed by atoms with E-state index in [1.807, 2.05) is 37.3 Å². The van der Waals surface area contributed by atoms with Crippen molar-refractivity contribution in [3.8, 4) is 11.3 Å². The Bertz CT molecular complexity index is 946. The van der Waals surface area contributed by atoms with Gasteiger partial charge in [0.1, 0.15) is 11.3 Å². The zero-order chi connectivity index (χ0) is 17.1. The molecule has 0 unspecified atom stereocenters. The molecule has 122 valence electrons. The summed E-state index contributed by atoms with van der Waals surface area (Å²) in [5, 5.41) is 5.73. The summed E-state index contributed by atoms with van der Waals surface area (Å²) in [6.07, 6.45) is 0. The predicted molar refractivity (Wildman–Crippen MR) is 95.4 cm³/mol. The van der Waals surface area contributed by atoms with E-state index in [0.717, 1.165) is 5.56 Å². The Morgan fingerprint density at radius 2 is 1.83 bits per heavy atom. The SMILES string of the molecule is CCNC(=O)Nc1cccc2oc(-c3ccccc3)c(C)c(=O)c12. The van der Waals surface area contributed by atoms with Crippen molar-refractivity contribution in [1.29, 1.82) is 0 Å². The van der Waals surface area contributed by atoms with Gasteiger partial charge in [-0.25, -0.2) is 4.79 Å². The average molecular weight is 322 g/mol. The molecule has 5 heteroatoms. The Balaban J connectivity index is 2.18. The first-order chi connectivity index (χ1) is 11.6. The third-order valence-electron chi connectivity index (χ3n) is 3.77. The van der Waals surface area contributed by atoms with Crippen molar-refractivity contribution < 1.29 is 9.21 Å². The average Bonchev–Trinajstić information content (AvgIpc) is 2.59. The van der Waals surface area contributed by atoms with Gasteiger partial charge in [-0.1, -0.05) is 36.4 Å². The molecule has 0 aliphatic heterocycles. The van der Waals surface area contributed by atoms with E-state index in [2.05, 4.69) is 10.6 Å². The van der Waals surface area contributed by atoms with Crippen LogP contribution in [0.2, 0.25) is 0 Å². The second-order valence-corrected chi connectivity index (χ2v) is 5.41. The molecule has 0 fully saturated rings. The van der Waals surface area contributed by atoms with E-state index < -0.39 is 0 Å². The molecule has 0 aliphatic carbocycles. The van der Waals surface area contributed by atoms with Gasteiger partial charge < -0.3 is 15.1 Å². The summed E-state index contributed by atoms with van der Waals surface area (Å²) in [6.45, 7) is 4.06. The summed E-state index contributed by atoms with van der Waals surface area (Å²) >= 11 is 0. The quantitative estimate of drug-likeness (QED) is 0.768. The van der Waals surface area contributed by atoms with Crippen molar-refractivity contribution in [2.45, 2.75) is 13.8 Å². The number of rotatable bonds is 3. The monoisotopic (exact) mass is 322 g/mol. The van der Waals surface area contributed by atoms with E-state index in [0.29, 0.717) is 34.5 Å². The molecule has 0 spiro atoms. The van der Waals surface area contributed by atoms with Crippen molar-refractivity contribution >= 4 is 22.7 Å². The highest BCUT2D eigenvalue weighted by molar-refractivity contribution is 6.00. The van der Waals surface area contributed by atoms with E-state index in [9.17, 15) is 9.59 Å². The highest BCUT2D eigenvalue weighted by Crippen LogP contribution is 2.28. The molecule has 0 aliphatic rings. The molecule has 5 nitrogen and oxygen atoms in total. The van der Waals surface area contributed by atoms with Crippen LogP contribution in [0.15, 0.2) is 57.7 Å². The summed E-state index contributed by atoms with van der Waals surface area (Å²) in [4.78, 5) is 24.6. The summed E-state index contributed by atoms with van der Waals surface area (Å²) in [6, 6.07) is 14.3. The minimum atomic E-state index is -0.353. The van der Waals surface area contributed by atoms with E-state index in [1.165, 1.54) is 0 Å². The Kier molecular flexibility index (Phi) is 4.33. The normalized spacial score (nSPS) is 10.6. The summed E-state index contributed by atoms with van der Waals surface area (Å²) < 4.78 is 5.97. The van der Waals surface area contributed by atoms with Crippen molar-refractivity contribution in [3.63, 3.8) is 0 Å². The van der Waals surface area contributed by atoms with Crippen molar-refractivity contribution in [3.05, 3.63) is 64.3 Å². The van der Waals surface area contributed by atoms with Crippen LogP contribution in [0.4, 0.5) is 10.5 Å². The van der Waals surface area contributed by atoms with Gasteiger partial charge in [-0.2, -0.15) is 0 Å². The van der Waals surface area contributed by atoms with Gasteiger partial charge in [-0.15, -0.1) is 0 Å². The maximum Gasteiger partial charge on any atom is 0.319 e. The second kappa shape index (κ2) is 6.58. The number of anilines is 1. The maximum absolute atomic E-state index is 12.9. The third-order valence-corrected chi connectivity index (χ3v) is 3.77. The van der Waals surface area contributed by atoms with E-state index in [4.69, 9.17) is 4.42 Å². The number of carbonyl (C=O) groups excluding carboxylic acids is 1. The van der Waals surface area contributed by atoms with Gasteiger partial charge in [-0.05, 0) is 26.0 Å². The smallest absolute Gasteiger partial charge is 0.319 e. The number of hydrogen-bond acceptors (Lipinski definition) is 3. The summed E-state index contributed by atoms with van der Waals surface area (Å²) in [5.41, 5.74) is 2.09. The fourth-order valence-electron chi connectivity index (χ4n) is 2.62. The number of amides is 2. The largest absolute Gasteiger partial charge is 0.455 e. The molecule has 0 saturated heterocycles. The van der Waals surface area contributed by atoms with Gasteiger partial charge in [0.2, 0.25) is 0 Å². The lowest BCUT2D eigenvalue weighted by Gasteiger charge is -2.11. The van der Waals surface area contributed by atoms with Crippen LogP contribution in [0.25, 0.3) is 22.3 Å². The molecule has 24 heavy (non-hydrogen) atoms. The van der Waals surface area contributed by atoms with Crippen LogP contribution >= 0.6 is 0 Å². The maximum atomic E-state index is 12.9. The molecule has 3 rings (SSSR count). The zero-order valence-corrected chi connectivity index (χ0v) is 13.6. The van der Waals surface area contributed by atoms with Crippen molar-refractivity contribution in [2.75, 3.05) is 11.9 Å². The van der Waals surface area contributed by atoms with Crippen LogP contribution in [-0.2, 0) is 0 Å². The van der Waals surface area contributed by atoms with Crippen molar-refractivity contribution in [1.82, 2.24) is 5.32 Å². The van der Waals surface area contributed by atoms with Crippen LogP contribution in [-0.4, -0.2) is 12.6 Å². The van der Waals surface area contributed by atoms with Crippen LogP contribution in [0.3, 0.4) is 0 Å². The first-order valence-corrected chi connectivity index (χ1v) is 7.78. The minimum Gasteiger partial charge on any atom is -0.455 e. The molecule has 0 radical (unpaired) electrons. The first-order valence-electron chi connectivity index (χ1n) is 7.78. The van der Waals surface area contributed by atoms with E-state index in [1.54, 1.807) is 25.1 Å². The molecule has 0 atom stereocenters. The van der Waals surface area contributed by atoms with Gasteiger partial charge in [0.05, 0.1) is 11.1 Å². The molecule has 2 N–H and O–H groups in total. The molecule has 1 heterocycles. The molecule has 2 amide bonds. The number of fused-ring (bicyclic) bond motifs is 1. The van der Waals surface area contributed by atoms with Crippen LogP contribution in [0.5, 0.6) is 0 Å². The number of urea groups is 1. The standard InChI is InChI=1S/C19H18N2O3/c1-3-20-19(23)21-14-10-7-11-15-16(14)17(22)12(2)18(24-15)13-8-5-4-6-9-13/h4-11H,3H2,1-2H3,(H2,20,21,23). The minimum absolute atomic E-state index is 0.150. The zero-order valence-electron chi connectivity index (χ0n) is 13.6. The first kappa shape index (κ1) is 15.8. The van der Waals surface area contributed by atoms with Crippen LogP contribution in [0.1, 0.15) is 12.5 Å². The Hall–Kier alpha value is -3.08. The Labute approximate surface area is 139 Å². The fraction of sp³-hybridized carbons (Fsp3) is 0.158. The summed E-state index contributed by atoms with van der Waals surface area (Å²) in [5.74, 6) is 0.545. The molecule has 3 aromatic rings. The van der Waals surface area contributed by atoms with Gasteiger partial charge in [0.25, 0.3) is 0 Å². The summed E-state index contributed by atoms with van der Waals surface area (Å²) in [7, 11) is 0. The number of benzene rings is 2. The molecule has 0 saturated carbocycles. The van der Waals surface area contributed by atoms with Gasteiger partial charge in [0.15, 0.2) is 5.43 Å². The molecular weight excluding hydrogens is 304 g/mol.